The molecule has 0 unspecified atom stereocenters. The third kappa shape index (κ3) is 54.5. The minimum absolute atomic E-state index is 0.300. The van der Waals surface area contributed by atoms with Gasteiger partial charge in [0, 0.05) is 13.2 Å². The number of carbonyl (C=O) groups excluding carboxylic acids is 1. The number of carbonyl (C=O) groups is 2. The summed E-state index contributed by atoms with van der Waals surface area (Å²) in [6.07, 6.45) is 22.1. The third-order valence-corrected chi connectivity index (χ3v) is 8.89. The lowest BCUT2D eigenvalue weighted by molar-refractivity contribution is -0.143. The van der Waals surface area contributed by atoms with Crippen LogP contribution in [-0.2, 0) is 66.4 Å². The fourth-order valence-electron chi connectivity index (χ4n) is 5.60. The van der Waals surface area contributed by atoms with Crippen LogP contribution in [0.25, 0.3) is 0 Å². The molecule has 0 rings (SSSR count). The van der Waals surface area contributed by atoms with Gasteiger partial charge in [0.15, 0.2) is 0 Å². The van der Waals surface area contributed by atoms with Gasteiger partial charge in [-0.25, -0.2) is 4.79 Å². The van der Waals surface area contributed by atoms with E-state index in [1.54, 1.807) is 0 Å². The first-order valence-electron chi connectivity index (χ1n) is 23.1. The minimum atomic E-state index is -1.12. The first kappa shape index (κ1) is 58.5. The summed E-state index contributed by atoms with van der Waals surface area (Å²) < 4.78 is 65.2. The van der Waals surface area contributed by atoms with Crippen molar-refractivity contribution in [2.45, 2.75) is 110 Å². The predicted octanol–water partition coefficient (Wildman–Crippen LogP) is 5.65. The number of hydrogen-bond donors (Lipinski definition) is 2. The number of unbranched alkanes of at least 4 members (excludes halogenated alkanes) is 15. The molecule has 0 aliphatic heterocycles. The molecule has 0 aromatic rings. The van der Waals surface area contributed by atoms with Crippen LogP contribution in [0.4, 0.5) is 0 Å². The van der Waals surface area contributed by atoms with Crippen LogP contribution in [0.3, 0.4) is 0 Å². The molecule has 0 atom stereocenters. The molecule has 358 valence electrons. The first-order valence-corrected chi connectivity index (χ1v) is 23.1. The van der Waals surface area contributed by atoms with Crippen LogP contribution in [0.1, 0.15) is 110 Å². The number of carboxylic acids is 1. The molecule has 0 saturated carbocycles. The topological polar surface area (TPSA) is 177 Å². The number of aliphatic carboxylic acids is 1. The summed E-state index contributed by atoms with van der Waals surface area (Å²) in [5.41, 5.74) is 0. The normalized spacial score (nSPS) is 11.5. The Morgan fingerprint density at radius 2 is 0.567 bits per heavy atom. The fraction of sp³-hybridized carbons (Fsp3) is 0.955. The van der Waals surface area contributed by atoms with Crippen LogP contribution >= 0.6 is 0 Å². The van der Waals surface area contributed by atoms with E-state index in [2.05, 4.69) is 17.0 Å². The molecule has 2 N–H and O–H groups in total. The maximum Gasteiger partial charge on any atom is 0.329 e. The van der Waals surface area contributed by atoms with Crippen molar-refractivity contribution in [1.29, 1.82) is 0 Å². The van der Waals surface area contributed by atoms with E-state index in [-0.39, 0.29) is 6.61 Å². The second-order valence-electron chi connectivity index (χ2n) is 14.3. The number of rotatable bonds is 54. The van der Waals surface area contributed by atoms with Crippen molar-refractivity contribution in [2.75, 3.05) is 165 Å². The Bertz CT molecular complexity index is 845. The number of amides is 1. The molecule has 1 amide bonds. The summed E-state index contributed by atoms with van der Waals surface area (Å²) in [5, 5.41) is 11.0. The molecule has 0 radical (unpaired) electrons. The standard InChI is InChI=1S/C44H87NO15/c1-2-3-4-5-6-7-8-9-10-11-12-13-14-15-16-17-19-49-21-23-51-25-27-53-29-31-55-33-35-57-37-39-59-40-38-58-36-34-56-32-30-54-28-26-52-24-22-50-20-18-45-43(46)41-60-42-44(47)48/h2-42H2,1H3,(H,45,46)(H,47,48). The Balaban J connectivity index is 3.09. The van der Waals surface area contributed by atoms with E-state index in [9.17, 15) is 9.59 Å². The number of nitrogens with one attached hydrogen (secondary N) is 1. The van der Waals surface area contributed by atoms with Crippen molar-refractivity contribution in [2.24, 2.45) is 0 Å². The summed E-state index contributed by atoms with van der Waals surface area (Å²) in [6, 6.07) is 0. The van der Waals surface area contributed by atoms with Crippen LogP contribution < -0.4 is 5.32 Å². The molecule has 16 heteroatoms. The van der Waals surface area contributed by atoms with Gasteiger partial charge in [-0.1, -0.05) is 103 Å². The van der Waals surface area contributed by atoms with Gasteiger partial charge in [-0.2, -0.15) is 0 Å². The van der Waals surface area contributed by atoms with Gasteiger partial charge >= 0.3 is 5.97 Å². The van der Waals surface area contributed by atoms with Crippen molar-refractivity contribution in [1.82, 2.24) is 5.32 Å². The second kappa shape index (κ2) is 53.6. The summed E-state index contributed by atoms with van der Waals surface area (Å²) >= 11 is 0. The SMILES string of the molecule is CCCCCCCCCCCCCCCCCCOCCOCCOCCOCCOCCOCCOCCOCCOCCOCCOCCNC(=O)COCC(=O)O. The fourth-order valence-corrected chi connectivity index (χ4v) is 5.60. The van der Waals surface area contributed by atoms with Crippen LogP contribution in [0.2, 0.25) is 0 Å². The molecule has 0 spiro atoms. The average molecular weight is 870 g/mol. The second-order valence-corrected chi connectivity index (χ2v) is 14.3. The molecule has 0 aromatic carbocycles. The zero-order chi connectivity index (χ0) is 43.3. The minimum Gasteiger partial charge on any atom is -0.480 e. The largest absolute Gasteiger partial charge is 0.480 e. The van der Waals surface area contributed by atoms with Gasteiger partial charge in [0.05, 0.1) is 139 Å². The molecule has 16 nitrogen and oxygen atoms in total. The number of ether oxygens (including phenoxy) is 12. The third-order valence-electron chi connectivity index (χ3n) is 8.89. The molecule has 0 saturated heterocycles. The average Bonchev–Trinajstić information content (AvgIpc) is 3.24. The van der Waals surface area contributed by atoms with Crippen molar-refractivity contribution >= 4 is 11.9 Å². The maximum atomic E-state index is 11.4. The van der Waals surface area contributed by atoms with Gasteiger partial charge in [-0.05, 0) is 6.42 Å². The maximum absolute atomic E-state index is 11.4. The monoisotopic (exact) mass is 870 g/mol. The van der Waals surface area contributed by atoms with Crippen LogP contribution in [0, 0.1) is 0 Å². The van der Waals surface area contributed by atoms with Gasteiger partial charge in [0.2, 0.25) is 5.91 Å². The van der Waals surface area contributed by atoms with E-state index >= 15 is 0 Å². The summed E-state index contributed by atoms with van der Waals surface area (Å²) in [4.78, 5) is 21.7. The van der Waals surface area contributed by atoms with E-state index in [0.29, 0.717) is 145 Å². The summed E-state index contributed by atoms with van der Waals surface area (Å²) in [5.74, 6) is -1.52. The van der Waals surface area contributed by atoms with Crippen molar-refractivity contribution in [3.63, 3.8) is 0 Å². The van der Waals surface area contributed by atoms with Crippen molar-refractivity contribution < 1.29 is 71.5 Å². The van der Waals surface area contributed by atoms with Crippen molar-refractivity contribution in [3.05, 3.63) is 0 Å². The Kier molecular flexibility index (Phi) is 52.2. The highest BCUT2D eigenvalue weighted by Gasteiger charge is 2.03. The zero-order valence-electron chi connectivity index (χ0n) is 37.7. The van der Waals surface area contributed by atoms with Crippen LogP contribution in [0.15, 0.2) is 0 Å². The number of hydrogen-bond acceptors (Lipinski definition) is 14. The van der Waals surface area contributed by atoms with Crippen molar-refractivity contribution in [3.8, 4) is 0 Å². The van der Waals surface area contributed by atoms with Crippen LogP contribution in [-0.4, -0.2) is 182 Å². The lowest BCUT2D eigenvalue weighted by Gasteiger charge is -2.09. The Morgan fingerprint density at radius 3 is 0.850 bits per heavy atom. The highest BCUT2D eigenvalue weighted by molar-refractivity contribution is 5.77. The Labute approximate surface area is 362 Å². The molecule has 0 aliphatic rings. The highest BCUT2D eigenvalue weighted by Crippen LogP contribution is 2.13. The van der Waals surface area contributed by atoms with Gasteiger partial charge in [-0.15, -0.1) is 0 Å². The quantitative estimate of drug-likeness (QED) is 0.0717. The molecule has 0 aromatic heterocycles. The zero-order valence-corrected chi connectivity index (χ0v) is 37.7. The predicted molar refractivity (Wildman–Crippen MR) is 230 cm³/mol. The molecular formula is C44H87NO15. The van der Waals surface area contributed by atoms with E-state index in [4.69, 9.17) is 57.2 Å². The first-order chi connectivity index (χ1) is 29.7. The van der Waals surface area contributed by atoms with E-state index in [0.717, 1.165) is 13.0 Å². The van der Waals surface area contributed by atoms with Gasteiger partial charge < -0.3 is 67.3 Å². The molecule has 0 aliphatic carbocycles. The van der Waals surface area contributed by atoms with Gasteiger partial charge in [0.1, 0.15) is 13.2 Å². The van der Waals surface area contributed by atoms with E-state index < -0.39 is 18.5 Å². The van der Waals surface area contributed by atoms with E-state index in [1.165, 1.54) is 96.3 Å². The summed E-state index contributed by atoms with van der Waals surface area (Å²) in [7, 11) is 0. The smallest absolute Gasteiger partial charge is 0.329 e. The van der Waals surface area contributed by atoms with Gasteiger partial charge in [0.25, 0.3) is 0 Å². The van der Waals surface area contributed by atoms with Crippen LogP contribution in [0.5, 0.6) is 0 Å². The van der Waals surface area contributed by atoms with E-state index in [1.807, 2.05) is 0 Å². The lowest BCUT2D eigenvalue weighted by Crippen LogP contribution is -2.31. The lowest BCUT2D eigenvalue weighted by atomic mass is 10.0. The molecule has 60 heavy (non-hydrogen) atoms. The molecular weight excluding hydrogens is 782 g/mol. The highest BCUT2D eigenvalue weighted by atomic mass is 16.6. The molecule has 0 heterocycles. The number of carboxylic acid groups (broad SMARTS) is 1. The molecule has 0 fully saturated rings. The summed E-state index contributed by atoms with van der Waals surface area (Å²) in [6.45, 7) is 12.9. The van der Waals surface area contributed by atoms with Gasteiger partial charge in [-0.3, -0.25) is 4.79 Å². The Morgan fingerprint density at radius 1 is 0.317 bits per heavy atom. The molecule has 0 bridgehead atoms. The Hall–Kier alpha value is -1.54.